The molecule has 2 unspecified atom stereocenters. The van der Waals surface area contributed by atoms with Crippen molar-refractivity contribution in [2.75, 3.05) is 39.6 Å². The van der Waals surface area contributed by atoms with Gasteiger partial charge in [0.2, 0.25) is 0 Å². The largest absolute Gasteiger partial charge is 0.489 e. The summed E-state index contributed by atoms with van der Waals surface area (Å²) in [5.74, 6) is 0.517. The van der Waals surface area contributed by atoms with E-state index in [0.29, 0.717) is 37.2 Å². The van der Waals surface area contributed by atoms with Crippen LogP contribution in [0.1, 0.15) is 71.4 Å². The van der Waals surface area contributed by atoms with Crippen molar-refractivity contribution in [3.63, 3.8) is 0 Å². The Morgan fingerprint density at radius 3 is 1.67 bits per heavy atom. The molecule has 0 bridgehead atoms. The lowest BCUT2D eigenvalue weighted by Crippen LogP contribution is -2.31. The number of rotatable bonds is 20. The van der Waals surface area contributed by atoms with Crippen molar-refractivity contribution in [1.82, 2.24) is 0 Å². The molecule has 0 saturated carbocycles. The molecule has 8 nitrogen and oxygen atoms in total. The molecule has 8 heteroatoms. The smallest absolute Gasteiger partial charge is 0.333 e. The Hall–Kier alpha value is -3.62. The molecule has 246 valence electrons. The molecule has 2 aromatic rings. The first-order chi connectivity index (χ1) is 21.7. The Morgan fingerprint density at radius 2 is 1.22 bits per heavy atom. The number of hydrogen-bond acceptors (Lipinski definition) is 8. The second-order valence-corrected chi connectivity index (χ2v) is 11.7. The van der Waals surface area contributed by atoms with Crippen LogP contribution in [0.15, 0.2) is 60.2 Å². The van der Waals surface area contributed by atoms with Crippen LogP contribution in [0.2, 0.25) is 0 Å². The van der Waals surface area contributed by atoms with Gasteiger partial charge in [0.05, 0.1) is 13.2 Å². The highest BCUT2D eigenvalue weighted by Crippen LogP contribution is 2.44. The summed E-state index contributed by atoms with van der Waals surface area (Å²) in [6.07, 6.45) is 6.19. The van der Waals surface area contributed by atoms with Crippen LogP contribution < -0.4 is 9.47 Å². The summed E-state index contributed by atoms with van der Waals surface area (Å²) in [5.41, 5.74) is 3.90. The van der Waals surface area contributed by atoms with Crippen molar-refractivity contribution in [2.24, 2.45) is 0 Å². The molecule has 45 heavy (non-hydrogen) atoms. The van der Waals surface area contributed by atoms with E-state index in [1.807, 2.05) is 24.3 Å². The summed E-state index contributed by atoms with van der Waals surface area (Å²) in [5, 5.41) is 1.76. The quantitative estimate of drug-likeness (QED) is 0.0660. The van der Waals surface area contributed by atoms with Gasteiger partial charge in [-0.25, -0.2) is 9.59 Å². The minimum absolute atomic E-state index is 0.124. The fourth-order valence-corrected chi connectivity index (χ4v) is 4.85. The van der Waals surface area contributed by atoms with Crippen molar-refractivity contribution < 1.29 is 38.0 Å². The van der Waals surface area contributed by atoms with Gasteiger partial charge in [-0.1, -0.05) is 75.8 Å². The molecule has 0 amide bonds. The van der Waals surface area contributed by atoms with Crippen LogP contribution in [0, 0.1) is 0 Å². The molecule has 3 rings (SSSR count). The molecule has 1 aliphatic carbocycles. The Balaban J connectivity index is 1.93. The lowest BCUT2D eigenvalue weighted by atomic mass is 9.87. The van der Waals surface area contributed by atoms with E-state index in [4.69, 9.17) is 28.4 Å². The fourth-order valence-electron chi connectivity index (χ4n) is 4.85. The van der Waals surface area contributed by atoms with Gasteiger partial charge in [0.15, 0.2) is 12.2 Å². The molecule has 0 saturated heterocycles. The topological polar surface area (TPSA) is 89.5 Å². The summed E-state index contributed by atoms with van der Waals surface area (Å²) in [4.78, 5) is 24.8. The maximum atomic E-state index is 12.4. The van der Waals surface area contributed by atoms with E-state index in [-0.39, 0.29) is 26.4 Å². The van der Waals surface area contributed by atoms with Crippen molar-refractivity contribution in [3.05, 3.63) is 71.3 Å². The van der Waals surface area contributed by atoms with Crippen LogP contribution in [-0.4, -0.2) is 63.8 Å². The highest BCUT2D eigenvalue weighted by molar-refractivity contribution is 5.96. The number of carbonyl (C=O) groups excluding carboxylic acids is 2. The number of unbranched alkanes of at least 4 members (excludes halogenated alkanes) is 2. The van der Waals surface area contributed by atoms with Gasteiger partial charge in [0.25, 0.3) is 0 Å². The van der Waals surface area contributed by atoms with Gasteiger partial charge in [-0.2, -0.15) is 0 Å². The van der Waals surface area contributed by atoms with E-state index in [9.17, 15) is 9.59 Å². The summed E-state index contributed by atoms with van der Waals surface area (Å²) < 4.78 is 36.0. The molecule has 2 aromatic carbocycles. The van der Waals surface area contributed by atoms with Crippen molar-refractivity contribution in [3.8, 4) is 11.5 Å². The number of carbonyl (C=O) groups is 2. The molecule has 0 fully saturated rings. The van der Waals surface area contributed by atoms with Gasteiger partial charge in [-0.3, -0.25) is 0 Å². The number of allylic oxidation sites excluding steroid dienone is 2. The Bertz CT molecular complexity index is 1360. The zero-order valence-corrected chi connectivity index (χ0v) is 27.7. The lowest BCUT2D eigenvalue weighted by molar-refractivity contribution is -0.150. The first-order valence-corrected chi connectivity index (χ1v) is 16.0. The molecule has 1 aliphatic rings. The number of ether oxygens (including phenoxy) is 6. The summed E-state index contributed by atoms with van der Waals surface area (Å²) in [6, 6.07) is 7.93. The van der Waals surface area contributed by atoms with Gasteiger partial charge in [-0.05, 0) is 46.5 Å². The van der Waals surface area contributed by atoms with Crippen LogP contribution >= 0.6 is 0 Å². The second-order valence-electron chi connectivity index (χ2n) is 11.7. The maximum absolute atomic E-state index is 12.4. The van der Waals surface area contributed by atoms with Crippen LogP contribution in [-0.2, 0) is 41.4 Å². The first kappa shape index (κ1) is 35.9. The number of hydrogen-bond donors (Lipinski definition) is 0. The SMILES string of the molecule is C=C(C)C(=O)OC(COCCCC)COc1c2c(c(OCC(COCCCC)OC(=O)C(=C)C)c3ccccc13)CC(C)=CC2. The Morgan fingerprint density at radius 1 is 0.756 bits per heavy atom. The van der Waals surface area contributed by atoms with Gasteiger partial charge < -0.3 is 28.4 Å². The zero-order chi connectivity index (χ0) is 32.8. The van der Waals surface area contributed by atoms with E-state index in [0.717, 1.165) is 59.1 Å². The predicted molar refractivity (Wildman–Crippen MR) is 177 cm³/mol. The summed E-state index contributed by atoms with van der Waals surface area (Å²) >= 11 is 0. The normalized spacial score (nSPS) is 13.8. The zero-order valence-electron chi connectivity index (χ0n) is 27.7. The van der Waals surface area contributed by atoms with Gasteiger partial charge in [-0.15, -0.1) is 0 Å². The molecule has 0 aliphatic heterocycles. The number of fused-ring (bicyclic) bond motifs is 2. The van der Waals surface area contributed by atoms with Gasteiger partial charge in [0, 0.05) is 46.3 Å². The third-order valence-electron chi connectivity index (χ3n) is 7.40. The van der Waals surface area contributed by atoms with Crippen LogP contribution in [0.4, 0.5) is 0 Å². The van der Waals surface area contributed by atoms with Crippen molar-refractivity contribution >= 4 is 22.7 Å². The molecule has 2 atom stereocenters. The third kappa shape index (κ3) is 10.8. The van der Waals surface area contributed by atoms with Gasteiger partial charge >= 0.3 is 11.9 Å². The molecule has 0 heterocycles. The van der Waals surface area contributed by atoms with Crippen molar-refractivity contribution in [1.29, 1.82) is 0 Å². The number of benzene rings is 2. The summed E-state index contributed by atoms with van der Waals surface area (Å²) in [6.45, 7) is 18.8. The third-order valence-corrected chi connectivity index (χ3v) is 7.40. The fraction of sp³-hybridized carbons (Fsp3) is 0.514. The van der Waals surface area contributed by atoms with Crippen LogP contribution in [0.3, 0.4) is 0 Å². The molecule has 0 N–H and O–H groups in total. The summed E-state index contributed by atoms with van der Waals surface area (Å²) in [7, 11) is 0. The highest BCUT2D eigenvalue weighted by atomic mass is 16.6. The maximum Gasteiger partial charge on any atom is 0.333 e. The predicted octanol–water partition coefficient (Wildman–Crippen LogP) is 7.25. The Kier molecular flexibility index (Phi) is 14.6. The standard InChI is InChI=1S/C37H50O8/c1-8-10-18-40-21-28(44-36(38)25(3)4)23-42-34-30-14-12-13-15-31(30)35(33-20-27(7)16-17-32(33)34)43-24-29(22-41-19-11-9-2)45-37(39)26(5)6/h12-16,28-29H,3,5,8-11,17-24H2,1-2,4,6-7H3. The lowest BCUT2D eigenvalue weighted by Gasteiger charge is -2.27. The van der Waals surface area contributed by atoms with Gasteiger partial charge in [0.1, 0.15) is 24.7 Å². The van der Waals surface area contributed by atoms with Crippen molar-refractivity contribution in [2.45, 2.75) is 85.4 Å². The Labute approximate surface area is 268 Å². The molecule has 0 radical (unpaired) electrons. The van der Waals surface area contributed by atoms with E-state index >= 15 is 0 Å². The second kappa shape index (κ2) is 18.4. The molecular weight excluding hydrogens is 572 g/mol. The molecular formula is C37H50O8. The average molecular weight is 623 g/mol. The van der Waals surface area contributed by atoms with Crippen LogP contribution in [0.5, 0.6) is 11.5 Å². The van der Waals surface area contributed by atoms with E-state index in [1.165, 1.54) is 5.57 Å². The molecule has 0 aromatic heterocycles. The first-order valence-electron chi connectivity index (χ1n) is 16.0. The monoisotopic (exact) mass is 622 g/mol. The minimum atomic E-state index is -0.604. The van der Waals surface area contributed by atoms with E-state index in [2.05, 4.69) is 40.0 Å². The highest BCUT2D eigenvalue weighted by Gasteiger charge is 2.26. The van der Waals surface area contributed by atoms with Crippen LogP contribution in [0.25, 0.3) is 10.8 Å². The van der Waals surface area contributed by atoms with E-state index in [1.54, 1.807) is 13.8 Å². The average Bonchev–Trinajstić information content (AvgIpc) is 3.02. The number of esters is 2. The van der Waals surface area contributed by atoms with E-state index < -0.39 is 24.1 Å². The molecule has 0 spiro atoms. The minimum Gasteiger partial charge on any atom is -0.489 e.